The maximum atomic E-state index is 11.7. The number of halogens is 1. The third-order valence-electron chi connectivity index (χ3n) is 3.61. The van der Waals surface area contributed by atoms with Crippen molar-refractivity contribution in [2.75, 3.05) is 19.7 Å². The van der Waals surface area contributed by atoms with E-state index in [1.165, 1.54) is 0 Å². The fourth-order valence-electron chi connectivity index (χ4n) is 2.43. The average Bonchev–Trinajstić information content (AvgIpc) is 3.12. The fourth-order valence-corrected chi connectivity index (χ4v) is 2.43. The van der Waals surface area contributed by atoms with Crippen molar-refractivity contribution in [2.45, 2.75) is 19.9 Å². The number of hydrogen-bond acceptors (Lipinski definition) is 6. The van der Waals surface area contributed by atoms with Gasteiger partial charge in [-0.3, -0.25) is 4.99 Å². The number of nitrogens with one attached hydrogen (secondary N) is 2. The minimum atomic E-state index is -0.407. The van der Waals surface area contributed by atoms with Gasteiger partial charge in [0.25, 0.3) is 0 Å². The number of aromatic nitrogens is 2. The van der Waals surface area contributed by atoms with Crippen LogP contribution in [0.3, 0.4) is 0 Å². The lowest BCUT2D eigenvalue weighted by atomic mass is 10.2. The van der Waals surface area contributed by atoms with Crippen LogP contribution in [0.2, 0.25) is 0 Å². The number of ether oxygens (including phenoxy) is 1. The van der Waals surface area contributed by atoms with Crippen molar-refractivity contribution < 1.29 is 9.53 Å². The summed E-state index contributed by atoms with van der Waals surface area (Å²) in [5.41, 5.74) is 2.31. The van der Waals surface area contributed by atoms with Gasteiger partial charge in [0.2, 0.25) is 0 Å². The molecule has 0 bridgehead atoms. The summed E-state index contributed by atoms with van der Waals surface area (Å²) in [4.78, 5) is 16.1. The van der Waals surface area contributed by atoms with Crippen molar-refractivity contribution in [2.24, 2.45) is 4.99 Å². The number of benzene rings is 1. The lowest BCUT2D eigenvalue weighted by Crippen LogP contribution is -2.40. The second-order valence-electron chi connectivity index (χ2n) is 5.40. The van der Waals surface area contributed by atoms with Crippen molar-refractivity contribution >= 4 is 35.9 Å². The third-order valence-corrected chi connectivity index (χ3v) is 3.61. The number of carbonyl (C=O) groups is 1. The van der Waals surface area contributed by atoms with E-state index in [9.17, 15) is 4.79 Å². The molecule has 1 aliphatic rings. The van der Waals surface area contributed by atoms with Gasteiger partial charge in [0, 0.05) is 25.8 Å². The van der Waals surface area contributed by atoms with Crippen molar-refractivity contribution in [3.05, 3.63) is 47.8 Å². The standard InChI is InChI=1S/C17H21N5O2.HI/c1-2-24-16(23)15-7-10-22(21-15)14-6-3-5-13(11-14)12-20-17-18-8-4-9-19-17;/h3,5-7,10-11H,2,4,8-9,12H2,1H3,(H2,18,19,20);1H. The Kier molecular flexibility index (Phi) is 7.23. The summed E-state index contributed by atoms with van der Waals surface area (Å²) in [7, 11) is 0. The lowest BCUT2D eigenvalue weighted by Gasteiger charge is -2.16. The smallest absolute Gasteiger partial charge is 0.358 e. The van der Waals surface area contributed by atoms with Crippen LogP contribution in [0.4, 0.5) is 0 Å². The molecule has 0 aliphatic carbocycles. The molecule has 0 atom stereocenters. The maximum Gasteiger partial charge on any atom is 0.358 e. The quantitative estimate of drug-likeness (QED) is 0.534. The number of carbonyl (C=O) groups excluding carboxylic acids is 1. The number of aliphatic imine (C=N–C) groups is 1. The van der Waals surface area contributed by atoms with Gasteiger partial charge in [-0.2, -0.15) is 5.10 Å². The molecule has 7 nitrogen and oxygen atoms in total. The molecule has 0 unspecified atom stereocenters. The Morgan fingerprint density at radius 1 is 1.40 bits per heavy atom. The molecule has 1 aromatic heterocycles. The average molecular weight is 455 g/mol. The molecule has 2 aromatic rings. The largest absolute Gasteiger partial charge is 0.461 e. The SMILES string of the molecule is CCOC(=O)c1ccn(-c2cccc(CNC3=NCCCN3)c2)n1.I. The Bertz CT molecular complexity index is 744. The zero-order chi connectivity index (χ0) is 16.8. The van der Waals surface area contributed by atoms with Crippen molar-refractivity contribution in [1.82, 2.24) is 20.4 Å². The summed E-state index contributed by atoms with van der Waals surface area (Å²) >= 11 is 0. The lowest BCUT2D eigenvalue weighted by molar-refractivity contribution is 0.0519. The van der Waals surface area contributed by atoms with E-state index in [1.54, 1.807) is 23.9 Å². The van der Waals surface area contributed by atoms with Gasteiger partial charge in [-0.25, -0.2) is 9.48 Å². The minimum Gasteiger partial charge on any atom is -0.461 e. The number of nitrogens with zero attached hydrogens (tertiary/aromatic N) is 3. The van der Waals surface area contributed by atoms with E-state index in [0.29, 0.717) is 18.8 Å². The van der Waals surface area contributed by atoms with E-state index in [-0.39, 0.29) is 24.0 Å². The number of hydrogen-bond donors (Lipinski definition) is 2. The Labute approximate surface area is 163 Å². The number of rotatable bonds is 5. The molecule has 0 radical (unpaired) electrons. The van der Waals surface area contributed by atoms with Crippen LogP contribution in [0.5, 0.6) is 0 Å². The molecule has 3 rings (SSSR count). The molecule has 25 heavy (non-hydrogen) atoms. The summed E-state index contributed by atoms with van der Waals surface area (Å²) in [6.07, 6.45) is 2.83. The van der Waals surface area contributed by atoms with Gasteiger partial charge in [-0.05, 0) is 37.1 Å². The normalized spacial score (nSPS) is 13.2. The molecule has 0 spiro atoms. The van der Waals surface area contributed by atoms with Gasteiger partial charge < -0.3 is 15.4 Å². The van der Waals surface area contributed by atoms with E-state index in [0.717, 1.165) is 36.7 Å². The topological polar surface area (TPSA) is 80.5 Å². The molecule has 0 saturated heterocycles. The van der Waals surface area contributed by atoms with Crippen LogP contribution in [0, 0.1) is 0 Å². The van der Waals surface area contributed by atoms with E-state index < -0.39 is 5.97 Å². The molecule has 2 N–H and O–H groups in total. The summed E-state index contributed by atoms with van der Waals surface area (Å²) in [5, 5.41) is 10.8. The van der Waals surface area contributed by atoms with Crippen LogP contribution in [-0.2, 0) is 11.3 Å². The highest BCUT2D eigenvalue weighted by Gasteiger charge is 2.11. The fraction of sp³-hybridized carbons (Fsp3) is 0.353. The minimum absolute atomic E-state index is 0. The zero-order valence-electron chi connectivity index (χ0n) is 14.1. The highest BCUT2D eigenvalue weighted by atomic mass is 127. The Morgan fingerprint density at radius 2 is 2.28 bits per heavy atom. The zero-order valence-corrected chi connectivity index (χ0v) is 16.4. The second-order valence-corrected chi connectivity index (χ2v) is 5.40. The van der Waals surface area contributed by atoms with E-state index in [4.69, 9.17) is 4.74 Å². The maximum absolute atomic E-state index is 11.7. The molecule has 1 aromatic carbocycles. The summed E-state index contributed by atoms with van der Waals surface area (Å²) in [5.74, 6) is 0.436. The van der Waals surface area contributed by atoms with Gasteiger partial charge in [0.05, 0.1) is 12.3 Å². The molecule has 1 aliphatic heterocycles. The van der Waals surface area contributed by atoms with Crippen LogP contribution in [0.1, 0.15) is 29.4 Å². The number of guanidine groups is 1. The highest BCUT2D eigenvalue weighted by Crippen LogP contribution is 2.11. The first-order valence-electron chi connectivity index (χ1n) is 8.10. The molecular formula is C17H22IN5O2. The van der Waals surface area contributed by atoms with Crippen molar-refractivity contribution in [1.29, 1.82) is 0 Å². The van der Waals surface area contributed by atoms with Crippen LogP contribution in [-0.4, -0.2) is 41.4 Å². The van der Waals surface area contributed by atoms with E-state index in [2.05, 4.69) is 20.7 Å². The van der Waals surface area contributed by atoms with Gasteiger partial charge in [-0.15, -0.1) is 24.0 Å². The predicted octanol–water partition coefficient (Wildman–Crippen LogP) is 2.11. The van der Waals surface area contributed by atoms with Crippen LogP contribution < -0.4 is 10.6 Å². The van der Waals surface area contributed by atoms with Crippen molar-refractivity contribution in [3.63, 3.8) is 0 Å². The highest BCUT2D eigenvalue weighted by molar-refractivity contribution is 14.0. The van der Waals surface area contributed by atoms with Gasteiger partial charge >= 0.3 is 5.97 Å². The van der Waals surface area contributed by atoms with E-state index >= 15 is 0 Å². The van der Waals surface area contributed by atoms with Gasteiger partial charge in [0.15, 0.2) is 11.7 Å². The van der Waals surface area contributed by atoms with Crippen molar-refractivity contribution in [3.8, 4) is 5.69 Å². The Morgan fingerprint density at radius 3 is 3.04 bits per heavy atom. The molecule has 8 heteroatoms. The molecule has 2 heterocycles. The summed E-state index contributed by atoms with van der Waals surface area (Å²) in [6, 6.07) is 9.63. The molecule has 0 fully saturated rings. The first-order valence-corrected chi connectivity index (χ1v) is 8.10. The first-order chi connectivity index (χ1) is 11.8. The molecular weight excluding hydrogens is 433 g/mol. The van der Waals surface area contributed by atoms with Crippen LogP contribution >= 0.6 is 24.0 Å². The second kappa shape index (κ2) is 9.40. The Balaban J connectivity index is 0.00000225. The summed E-state index contributed by atoms with van der Waals surface area (Å²) < 4.78 is 6.63. The third kappa shape index (κ3) is 5.18. The van der Waals surface area contributed by atoms with E-state index in [1.807, 2.05) is 24.3 Å². The van der Waals surface area contributed by atoms with Crippen LogP contribution in [0.25, 0.3) is 5.69 Å². The summed E-state index contributed by atoms with van der Waals surface area (Å²) in [6.45, 7) is 4.60. The number of esters is 1. The Hall–Kier alpha value is -2.10. The predicted molar refractivity (Wildman–Crippen MR) is 107 cm³/mol. The van der Waals surface area contributed by atoms with Crippen LogP contribution in [0.15, 0.2) is 41.5 Å². The molecule has 134 valence electrons. The monoisotopic (exact) mass is 455 g/mol. The van der Waals surface area contributed by atoms with Gasteiger partial charge in [-0.1, -0.05) is 12.1 Å². The molecule has 0 amide bonds. The first kappa shape index (κ1) is 19.2. The van der Waals surface area contributed by atoms with Gasteiger partial charge in [0.1, 0.15) is 0 Å². The molecule has 0 saturated carbocycles.